The quantitative estimate of drug-likeness (QED) is 0.485. The molecule has 29 heavy (non-hydrogen) atoms. The van der Waals surface area contributed by atoms with Crippen LogP contribution in [0.4, 0.5) is 0 Å². The molecule has 0 bridgehead atoms. The molecule has 0 aromatic carbocycles. The van der Waals surface area contributed by atoms with Gasteiger partial charge in [0.1, 0.15) is 12.2 Å². The number of rotatable bonds is 4. The summed E-state index contributed by atoms with van der Waals surface area (Å²) in [6.45, 7) is 3.73. The van der Waals surface area contributed by atoms with E-state index in [-0.39, 0.29) is 41.2 Å². The molecule has 0 aromatic rings. The van der Waals surface area contributed by atoms with E-state index in [0.29, 0.717) is 11.8 Å². The molecular formula is C22H28FeN2O4+2. The van der Waals surface area contributed by atoms with E-state index in [0.717, 1.165) is 39.0 Å². The minimum Gasteiger partial charge on any atom is -0.460 e. The zero-order chi connectivity index (χ0) is 19.9. The molecule has 6 nitrogen and oxygen atoms in total. The Bertz CT molecular complexity index is 475. The summed E-state index contributed by atoms with van der Waals surface area (Å²) in [5.74, 6) is 0.907. The van der Waals surface area contributed by atoms with Gasteiger partial charge in [-0.05, 0) is 78.3 Å². The number of hydrogen-bond donors (Lipinski definition) is 0. The van der Waals surface area contributed by atoms with Crippen molar-refractivity contribution in [3.63, 3.8) is 0 Å². The van der Waals surface area contributed by atoms with Crippen molar-refractivity contribution in [3.05, 3.63) is 63.2 Å². The third kappa shape index (κ3) is 7.86. The number of likely N-dealkylation sites (N-methyl/N-ethyl adjacent to an activating group) is 2. The second-order valence-corrected chi connectivity index (χ2v) is 7.50. The molecule has 2 saturated carbocycles. The van der Waals surface area contributed by atoms with Crippen LogP contribution >= 0.6 is 0 Å². The zero-order valence-electron chi connectivity index (χ0n) is 16.9. The van der Waals surface area contributed by atoms with Crippen LogP contribution in [0.2, 0.25) is 0 Å². The summed E-state index contributed by atoms with van der Waals surface area (Å²) in [5.41, 5.74) is 0. The number of carbonyl (C=O) groups is 2. The molecule has 156 valence electrons. The predicted molar refractivity (Wildman–Crippen MR) is 105 cm³/mol. The molecule has 2 aliphatic heterocycles. The van der Waals surface area contributed by atoms with Gasteiger partial charge in [0.05, 0.1) is 11.8 Å². The van der Waals surface area contributed by atoms with Crippen LogP contribution in [-0.2, 0) is 36.1 Å². The van der Waals surface area contributed by atoms with E-state index < -0.39 is 0 Å². The summed E-state index contributed by atoms with van der Waals surface area (Å²) in [6.07, 6.45) is 16.5. The standard InChI is InChI=1S/2C11H14NO2.Fe/c2*1-12-7-6-10(8-12)14-11(13)9-4-2-3-5-9;/h2*2-5,10H,6-8H2,1H3;/q;;+2. The fraction of sp³-hybridized carbons (Fsp3) is 0.455. The SMILES string of the molecule is CN1CCC(OC(=O)[C]2[CH][CH][CH][CH]2)C1.CN1CCC(OC(=O)[C]2[CH][CH][CH][CH]2)C1.[Fe+2]. The first-order valence-corrected chi connectivity index (χ1v) is 9.73. The first kappa shape index (κ1) is 24.6. The Balaban J connectivity index is 0.000000200. The monoisotopic (exact) mass is 440 g/mol. The molecule has 2 atom stereocenters. The molecule has 0 amide bonds. The van der Waals surface area contributed by atoms with Crippen LogP contribution in [0.25, 0.3) is 0 Å². The molecule has 4 aliphatic rings. The van der Waals surface area contributed by atoms with E-state index >= 15 is 0 Å². The van der Waals surface area contributed by atoms with Crippen molar-refractivity contribution in [1.82, 2.24) is 9.80 Å². The van der Waals surface area contributed by atoms with Crippen molar-refractivity contribution in [3.8, 4) is 0 Å². The Morgan fingerprint density at radius 3 is 1.38 bits per heavy atom. The smallest absolute Gasteiger partial charge is 0.460 e. The fourth-order valence-electron chi connectivity index (χ4n) is 3.44. The molecule has 2 aliphatic carbocycles. The van der Waals surface area contributed by atoms with Crippen molar-refractivity contribution in [1.29, 1.82) is 0 Å². The van der Waals surface area contributed by atoms with Crippen LogP contribution in [0.1, 0.15) is 12.8 Å². The average molecular weight is 440 g/mol. The molecule has 10 radical (unpaired) electrons. The number of nitrogens with zero attached hydrogens (tertiary/aromatic N) is 2. The summed E-state index contributed by atoms with van der Waals surface area (Å²) < 4.78 is 10.7. The largest absolute Gasteiger partial charge is 2.00 e. The van der Waals surface area contributed by atoms with Gasteiger partial charge in [-0.1, -0.05) is 0 Å². The van der Waals surface area contributed by atoms with Crippen molar-refractivity contribution in [2.75, 3.05) is 40.3 Å². The van der Waals surface area contributed by atoms with Crippen LogP contribution in [0.3, 0.4) is 0 Å². The molecule has 2 heterocycles. The number of hydrogen-bond acceptors (Lipinski definition) is 6. The van der Waals surface area contributed by atoms with Crippen LogP contribution in [-0.4, -0.2) is 74.2 Å². The number of likely N-dealkylation sites (tertiary alicyclic amines) is 2. The molecule has 0 aromatic heterocycles. The molecule has 0 N–H and O–H groups in total. The van der Waals surface area contributed by atoms with Gasteiger partial charge in [-0.2, -0.15) is 0 Å². The number of carbonyl (C=O) groups excluding carboxylic acids is 2. The van der Waals surface area contributed by atoms with Gasteiger partial charge in [0.15, 0.2) is 0 Å². The van der Waals surface area contributed by atoms with Crippen molar-refractivity contribution >= 4 is 11.9 Å². The minimum absolute atomic E-state index is 0. The Labute approximate surface area is 186 Å². The van der Waals surface area contributed by atoms with Crippen LogP contribution < -0.4 is 0 Å². The Morgan fingerprint density at radius 2 is 1.10 bits per heavy atom. The van der Waals surface area contributed by atoms with Gasteiger partial charge in [0.2, 0.25) is 0 Å². The summed E-state index contributed by atoms with van der Waals surface area (Å²) in [7, 11) is 4.08. The molecule has 7 heteroatoms. The van der Waals surface area contributed by atoms with Crippen LogP contribution in [0, 0.1) is 63.2 Å². The average Bonchev–Trinajstić information content (AvgIpc) is 3.44. The van der Waals surface area contributed by atoms with E-state index in [1.165, 1.54) is 0 Å². The molecular weight excluding hydrogens is 412 g/mol. The van der Waals surface area contributed by atoms with Gasteiger partial charge in [-0.25, -0.2) is 0 Å². The van der Waals surface area contributed by atoms with Gasteiger partial charge < -0.3 is 19.3 Å². The minimum atomic E-state index is -0.199. The summed E-state index contributed by atoms with van der Waals surface area (Å²) in [5, 5.41) is 0. The molecule has 4 rings (SSSR count). The number of esters is 2. The van der Waals surface area contributed by atoms with Crippen LogP contribution in [0.15, 0.2) is 0 Å². The second kappa shape index (κ2) is 12.3. The Morgan fingerprint density at radius 1 is 0.759 bits per heavy atom. The van der Waals surface area contributed by atoms with Crippen molar-refractivity contribution in [2.45, 2.75) is 25.0 Å². The first-order valence-electron chi connectivity index (χ1n) is 9.73. The summed E-state index contributed by atoms with van der Waals surface area (Å²) in [6, 6.07) is 0. The molecule has 2 unspecified atom stereocenters. The fourth-order valence-corrected chi connectivity index (χ4v) is 3.44. The van der Waals surface area contributed by atoms with E-state index in [1.807, 2.05) is 39.8 Å². The second-order valence-electron chi connectivity index (χ2n) is 7.50. The van der Waals surface area contributed by atoms with Gasteiger partial charge in [0, 0.05) is 26.2 Å². The van der Waals surface area contributed by atoms with Crippen LogP contribution in [0.5, 0.6) is 0 Å². The molecule has 2 saturated heterocycles. The van der Waals surface area contributed by atoms with E-state index in [9.17, 15) is 9.59 Å². The summed E-state index contributed by atoms with van der Waals surface area (Å²) >= 11 is 0. The summed E-state index contributed by atoms with van der Waals surface area (Å²) in [4.78, 5) is 27.4. The van der Waals surface area contributed by atoms with E-state index in [4.69, 9.17) is 9.47 Å². The van der Waals surface area contributed by atoms with Gasteiger partial charge in [-0.3, -0.25) is 9.59 Å². The van der Waals surface area contributed by atoms with E-state index in [1.54, 1.807) is 25.7 Å². The third-order valence-electron chi connectivity index (χ3n) is 5.04. The van der Waals surface area contributed by atoms with Gasteiger partial charge in [0.25, 0.3) is 0 Å². The maximum Gasteiger partial charge on any atom is 2.00 e. The number of ether oxygens (including phenoxy) is 2. The third-order valence-corrected chi connectivity index (χ3v) is 5.04. The zero-order valence-corrected chi connectivity index (χ0v) is 18.0. The van der Waals surface area contributed by atoms with Crippen molar-refractivity contribution in [2.24, 2.45) is 0 Å². The topological polar surface area (TPSA) is 59.1 Å². The van der Waals surface area contributed by atoms with Gasteiger partial charge in [-0.15, -0.1) is 0 Å². The maximum absolute atomic E-state index is 11.5. The van der Waals surface area contributed by atoms with Gasteiger partial charge >= 0.3 is 29.0 Å². The Kier molecular flexibility index (Phi) is 10.4. The maximum atomic E-state index is 11.5. The van der Waals surface area contributed by atoms with Crippen molar-refractivity contribution < 1.29 is 36.1 Å². The normalized spacial score (nSPS) is 28.6. The Hall–Kier alpha value is -0.621. The molecule has 4 fully saturated rings. The van der Waals surface area contributed by atoms with E-state index in [2.05, 4.69) is 9.80 Å². The first-order chi connectivity index (χ1) is 13.5. The molecule has 0 spiro atoms. The predicted octanol–water partition coefficient (Wildman–Crippen LogP) is 1.28.